The van der Waals surface area contributed by atoms with Gasteiger partial charge in [0, 0.05) is 103 Å². The summed E-state index contributed by atoms with van der Waals surface area (Å²) in [5.41, 5.74) is 0. The molecule has 0 aromatic heterocycles. The molecule has 0 atom stereocenters. The molecule has 0 nitrogen and oxygen atoms in total. The van der Waals surface area contributed by atoms with Gasteiger partial charge in [-0.2, -0.15) is 0 Å². The number of hydrogen-bond acceptors (Lipinski definition) is 0. The molecule has 0 N–H and O–H groups in total. The molecule has 1 radical (unpaired) electrons. The van der Waals surface area contributed by atoms with Crippen LogP contribution in [0.3, 0.4) is 0 Å². The predicted molar refractivity (Wildman–Crippen MR) is 0 cm³/mol. The predicted octanol–water partition coefficient (Wildman–Crippen LogP) is -0.00750. The van der Waals surface area contributed by atoms with E-state index in [1.807, 2.05) is 0 Å². The Balaban J connectivity index is 0. The van der Waals surface area contributed by atoms with Crippen LogP contribution in [0.2, 0.25) is 0 Å². The Labute approximate surface area is 100 Å². The Kier molecular flexibility index (Phi) is 107. The first-order valence-corrected chi connectivity index (χ1v) is 0. The average molecular weight is 460 g/mol. The minimum atomic E-state index is 0. The minimum absolute atomic E-state index is 0. The van der Waals surface area contributed by atoms with E-state index in [-0.39, 0.29) is 103 Å². The topological polar surface area (TPSA) is 0 Å². The monoisotopic (exact) mass is 459 g/mol. The molecule has 0 fully saturated rings. The maximum Gasteiger partial charge on any atom is 0 e. The molecule has 0 bridgehead atoms. The first kappa shape index (κ1) is 26.4. The third-order valence-electron chi connectivity index (χ3n) is 0. The van der Waals surface area contributed by atoms with Crippen LogP contribution in [0.5, 0.6) is 0 Å². The minimum Gasteiger partial charge on any atom is 0 e. The summed E-state index contributed by atoms with van der Waals surface area (Å²) in [6.45, 7) is 0. The van der Waals surface area contributed by atoms with Crippen LogP contribution in [0.15, 0.2) is 0 Å². The summed E-state index contributed by atoms with van der Waals surface area (Å²) in [6.07, 6.45) is 0. The van der Waals surface area contributed by atoms with E-state index in [4.69, 9.17) is 0 Å². The van der Waals surface area contributed by atoms with Crippen LogP contribution in [0.4, 0.5) is 0 Å². The summed E-state index contributed by atoms with van der Waals surface area (Å²) < 4.78 is 0. The summed E-state index contributed by atoms with van der Waals surface area (Å²) in [5.74, 6) is 0. The summed E-state index contributed by atoms with van der Waals surface area (Å²) >= 11 is 0. The molecular formula is Pd3Pr. The van der Waals surface area contributed by atoms with Crippen LogP contribution in [-0.2, 0) is 61.3 Å². The van der Waals surface area contributed by atoms with Crippen molar-refractivity contribution in [3.05, 3.63) is 0 Å². The number of hydrogen-bond donors (Lipinski definition) is 0. The Morgan fingerprint density at radius 2 is 0.500 bits per heavy atom. The fraction of sp³-hybridized carbons (Fsp3) is 0. The molecule has 0 heterocycles. The largest absolute Gasteiger partial charge is 0 e. The van der Waals surface area contributed by atoms with Crippen molar-refractivity contribution in [3.63, 3.8) is 0 Å². The van der Waals surface area contributed by atoms with Gasteiger partial charge in [0.25, 0.3) is 0 Å². The van der Waals surface area contributed by atoms with E-state index in [2.05, 4.69) is 0 Å². The van der Waals surface area contributed by atoms with Crippen molar-refractivity contribution in [2.24, 2.45) is 0 Å². The smallest absolute Gasteiger partial charge is 0 e. The molecule has 0 aliphatic rings. The molecule has 0 rings (SSSR count). The van der Waals surface area contributed by atoms with Crippen LogP contribution < -0.4 is 0 Å². The zero-order chi connectivity index (χ0) is 0. The van der Waals surface area contributed by atoms with Gasteiger partial charge in [0.15, 0.2) is 0 Å². The van der Waals surface area contributed by atoms with Crippen molar-refractivity contribution >= 4 is 0 Å². The molecule has 0 aliphatic carbocycles. The van der Waals surface area contributed by atoms with Crippen molar-refractivity contribution in [1.82, 2.24) is 0 Å². The van der Waals surface area contributed by atoms with E-state index < -0.39 is 0 Å². The maximum atomic E-state index is 0. The standard InChI is InChI=1S/3Pd.Pr. The van der Waals surface area contributed by atoms with Gasteiger partial charge in [0.2, 0.25) is 0 Å². The van der Waals surface area contributed by atoms with Gasteiger partial charge in [-0.05, 0) is 0 Å². The van der Waals surface area contributed by atoms with E-state index >= 15 is 0 Å². The van der Waals surface area contributed by atoms with Gasteiger partial charge >= 0.3 is 0 Å². The summed E-state index contributed by atoms with van der Waals surface area (Å²) in [5, 5.41) is 0. The van der Waals surface area contributed by atoms with Crippen LogP contribution in [0, 0.1) is 41.3 Å². The molecule has 0 unspecified atom stereocenters. The van der Waals surface area contributed by atoms with E-state index in [0.717, 1.165) is 0 Å². The molecule has 0 aromatic carbocycles. The van der Waals surface area contributed by atoms with Crippen molar-refractivity contribution in [2.45, 2.75) is 0 Å². The third-order valence-corrected chi connectivity index (χ3v) is 0. The second kappa shape index (κ2) is 16.2. The second-order valence-corrected chi connectivity index (χ2v) is 0. The van der Waals surface area contributed by atoms with Crippen molar-refractivity contribution in [3.8, 4) is 0 Å². The molecule has 4 heteroatoms. The van der Waals surface area contributed by atoms with E-state index in [0.29, 0.717) is 0 Å². The SMILES string of the molecule is [Pd].[Pd].[Pd].[Pr]. The van der Waals surface area contributed by atoms with E-state index in [1.165, 1.54) is 0 Å². The molecule has 0 aromatic rings. The Morgan fingerprint density at radius 1 is 0.500 bits per heavy atom. The fourth-order valence-electron chi connectivity index (χ4n) is 0. The summed E-state index contributed by atoms with van der Waals surface area (Å²) in [6, 6.07) is 0. The normalized spacial score (nSPS) is 0. The second-order valence-electron chi connectivity index (χ2n) is 0. The van der Waals surface area contributed by atoms with E-state index in [9.17, 15) is 0 Å². The fourth-order valence-corrected chi connectivity index (χ4v) is 0. The van der Waals surface area contributed by atoms with Gasteiger partial charge in [-0.3, -0.25) is 0 Å². The van der Waals surface area contributed by atoms with Gasteiger partial charge in [0.05, 0.1) is 0 Å². The van der Waals surface area contributed by atoms with Crippen molar-refractivity contribution < 1.29 is 103 Å². The van der Waals surface area contributed by atoms with Gasteiger partial charge in [-0.25, -0.2) is 0 Å². The average Bonchev–Trinajstić information content (AvgIpc) is 0. The molecule has 0 saturated carbocycles. The molecule has 0 saturated heterocycles. The Hall–Kier alpha value is 3.35. The van der Waals surface area contributed by atoms with E-state index in [1.54, 1.807) is 0 Å². The van der Waals surface area contributed by atoms with Gasteiger partial charge < -0.3 is 0 Å². The quantitative estimate of drug-likeness (QED) is 0.447. The van der Waals surface area contributed by atoms with Crippen molar-refractivity contribution in [2.75, 3.05) is 0 Å². The molecular weight excluding hydrogens is 460 g/mol. The van der Waals surface area contributed by atoms with Crippen LogP contribution >= 0.6 is 0 Å². The Morgan fingerprint density at radius 3 is 0.500 bits per heavy atom. The summed E-state index contributed by atoms with van der Waals surface area (Å²) in [7, 11) is 0. The zero-order valence-electron chi connectivity index (χ0n) is 1.53. The molecule has 0 amide bonds. The van der Waals surface area contributed by atoms with Crippen LogP contribution in [-0.4, -0.2) is 0 Å². The zero-order valence-corrected chi connectivity index (χ0v) is 9.89. The summed E-state index contributed by atoms with van der Waals surface area (Å²) in [4.78, 5) is 0. The number of rotatable bonds is 0. The van der Waals surface area contributed by atoms with Crippen LogP contribution in [0.1, 0.15) is 0 Å². The maximum absolute atomic E-state index is 0. The molecule has 0 spiro atoms. The van der Waals surface area contributed by atoms with Crippen LogP contribution in [0.25, 0.3) is 0 Å². The van der Waals surface area contributed by atoms with Gasteiger partial charge in [0.1, 0.15) is 0 Å². The first-order valence-electron chi connectivity index (χ1n) is 0. The van der Waals surface area contributed by atoms with Gasteiger partial charge in [-0.15, -0.1) is 0 Å². The molecule has 4 heavy (non-hydrogen) atoms. The van der Waals surface area contributed by atoms with Crippen molar-refractivity contribution in [1.29, 1.82) is 0 Å². The third kappa shape index (κ3) is 9.02. The molecule has 0 aliphatic heterocycles. The molecule has 33 valence electrons. The Bertz CT molecular complexity index is 3.25. The van der Waals surface area contributed by atoms with Gasteiger partial charge in [-0.1, -0.05) is 0 Å². The first-order chi connectivity index (χ1) is 0.